The Balaban J connectivity index is 2.35. The number of carbonyl (C=O) groups excluding carboxylic acids is 1. The number of ether oxygens (including phenoxy) is 1. The van der Waals surface area contributed by atoms with Gasteiger partial charge in [-0.1, -0.05) is 11.6 Å². The summed E-state index contributed by atoms with van der Waals surface area (Å²) in [6, 6.07) is 3.97. The van der Waals surface area contributed by atoms with Crippen LogP contribution in [0.1, 0.15) is 16.7 Å². The van der Waals surface area contributed by atoms with E-state index in [1.807, 2.05) is 5.32 Å². The molecule has 0 aliphatic carbocycles. The van der Waals surface area contributed by atoms with Crippen LogP contribution in [0.15, 0.2) is 47.0 Å². The summed E-state index contributed by atoms with van der Waals surface area (Å²) in [5, 5.41) is 9.33. The fourth-order valence-corrected chi connectivity index (χ4v) is 2.95. The molecule has 0 saturated heterocycles. The van der Waals surface area contributed by atoms with E-state index in [0.717, 1.165) is 0 Å². The highest BCUT2D eigenvalue weighted by Crippen LogP contribution is 2.37. The molecule has 0 spiro atoms. The lowest BCUT2D eigenvalue weighted by Crippen LogP contribution is -2.21. The van der Waals surface area contributed by atoms with Gasteiger partial charge in [-0.15, -0.1) is 0 Å². The summed E-state index contributed by atoms with van der Waals surface area (Å²) in [5.74, 6) is 0.344. The molecule has 0 fully saturated rings. The first-order chi connectivity index (χ1) is 15.3. The van der Waals surface area contributed by atoms with E-state index in [0.29, 0.717) is 29.1 Å². The summed E-state index contributed by atoms with van der Waals surface area (Å²) in [6.07, 6.45) is -10.1. The average molecular weight is 495 g/mol. The zero-order valence-corrected chi connectivity index (χ0v) is 17.9. The van der Waals surface area contributed by atoms with Crippen LogP contribution in [-0.4, -0.2) is 31.9 Å². The van der Waals surface area contributed by atoms with Crippen LogP contribution >= 0.6 is 11.6 Å². The minimum absolute atomic E-state index is 0.0387. The van der Waals surface area contributed by atoms with Crippen LogP contribution in [0.3, 0.4) is 0 Å². The molecule has 2 aromatic carbocycles. The predicted molar refractivity (Wildman–Crippen MR) is 113 cm³/mol. The highest BCUT2D eigenvalue weighted by Gasteiger charge is 2.37. The van der Waals surface area contributed by atoms with Gasteiger partial charge in [-0.2, -0.15) is 31.4 Å². The molecule has 178 valence electrons. The monoisotopic (exact) mass is 494 g/mol. The summed E-state index contributed by atoms with van der Waals surface area (Å²) < 4.78 is 83.2. The lowest BCUT2D eigenvalue weighted by Gasteiger charge is -2.19. The fourth-order valence-electron chi connectivity index (χ4n) is 2.69. The second-order valence-corrected chi connectivity index (χ2v) is 6.67. The van der Waals surface area contributed by atoms with E-state index >= 15 is 0 Å². The molecule has 0 radical (unpaired) electrons. The second kappa shape index (κ2) is 10.0. The molecule has 2 rings (SSSR count). The quantitative estimate of drug-likeness (QED) is 0.275. The van der Waals surface area contributed by atoms with E-state index in [9.17, 15) is 31.1 Å². The number of amides is 2. The van der Waals surface area contributed by atoms with Gasteiger partial charge in [0.05, 0.1) is 23.9 Å². The molecule has 2 N–H and O–H groups in total. The molecule has 6 nitrogen and oxygen atoms in total. The lowest BCUT2D eigenvalue weighted by atomic mass is 10.1. The molecule has 2 amide bonds. The smallest absolute Gasteiger partial charge is 0.416 e. The number of urea groups is 1. The van der Waals surface area contributed by atoms with Gasteiger partial charge < -0.3 is 15.4 Å². The van der Waals surface area contributed by atoms with Crippen LogP contribution in [0, 0.1) is 0 Å². The number of rotatable bonds is 6. The third-order valence-corrected chi connectivity index (χ3v) is 4.45. The average Bonchev–Trinajstić information content (AvgIpc) is 2.72. The number of methoxy groups -OCH3 is 1. The summed E-state index contributed by atoms with van der Waals surface area (Å²) >= 11 is 5.84. The zero-order valence-electron chi connectivity index (χ0n) is 17.1. The fraction of sp³-hybridized carbons (Fsp3) is 0.200. The van der Waals surface area contributed by atoms with Crippen molar-refractivity contribution in [2.75, 3.05) is 24.8 Å². The minimum Gasteiger partial charge on any atom is -0.496 e. The molecule has 0 heterocycles. The third-order valence-electron chi connectivity index (χ3n) is 4.24. The number of anilines is 2. The molecule has 0 atom stereocenters. The number of alkyl halides is 6. The molecular formula is C20H17ClF6N4O2. The molecule has 13 heteroatoms. The van der Waals surface area contributed by atoms with Crippen LogP contribution in [0.4, 0.5) is 42.5 Å². The molecule has 0 saturated carbocycles. The van der Waals surface area contributed by atoms with Gasteiger partial charge in [-0.05, 0) is 36.4 Å². The van der Waals surface area contributed by atoms with Crippen molar-refractivity contribution in [3.63, 3.8) is 0 Å². The highest BCUT2D eigenvalue weighted by molar-refractivity contribution is 6.28. The van der Waals surface area contributed by atoms with Crippen LogP contribution in [0.25, 0.3) is 5.70 Å². The Morgan fingerprint density at radius 1 is 1.03 bits per heavy atom. The van der Waals surface area contributed by atoms with Crippen LogP contribution in [0.2, 0.25) is 0 Å². The Bertz CT molecular complexity index is 1040. The third kappa shape index (κ3) is 6.54. The molecule has 0 aliphatic rings. The Kier molecular flexibility index (Phi) is 7.85. The summed E-state index contributed by atoms with van der Waals surface area (Å²) in [5.41, 5.74) is -1.79. The highest BCUT2D eigenvalue weighted by atomic mass is 35.5. The van der Waals surface area contributed by atoms with Crippen molar-refractivity contribution in [1.29, 1.82) is 0 Å². The first-order valence-electron chi connectivity index (χ1n) is 8.86. The number of carbonyl (C=O) groups is 1. The maximum atomic E-state index is 13.0. The van der Waals surface area contributed by atoms with E-state index in [4.69, 9.17) is 16.3 Å². The van der Waals surface area contributed by atoms with Crippen molar-refractivity contribution in [3.05, 3.63) is 58.6 Å². The first kappa shape index (κ1) is 25.8. The van der Waals surface area contributed by atoms with Gasteiger partial charge in [-0.25, -0.2) is 4.79 Å². The van der Waals surface area contributed by atoms with Crippen molar-refractivity contribution in [1.82, 2.24) is 5.01 Å². The van der Waals surface area contributed by atoms with Crippen molar-refractivity contribution in [2.45, 2.75) is 12.4 Å². The Hall–Kier alpha value is -3.41. The molecule has 0 unspecified atom stereocenters. The van der Waals surface area contributed by atoms with Crippen molar-refractivity contribution < 1.29 is 35.9 Å². The maximum absolute atomic E-state index is 13.0. The van der Waals surface area contributed by atoms with Crippen molar-refractivity contribution in [3.8, 4) is 5.75 Å². The number of hydrogen-bond donors (Lipinski definition) is 2. The van der Waals surface area contributed by atoms with Crippen LogP contribution < -0.4 is 15.4 Å². The van der Waals surface area contributed by atoms with E-state index in [2.05, 4.69) is 17.1 Å². The zero-order chi connectivity index (χ0) is 25.0. The van der Waals surface area contributed by atoms with E-state index in [1.54, 1.807) is 7.05 Å². The number of hydrogen-bond acceptors (Lipinski definition) is 4. The minimum atomic E-state index is -5.05. The topological polar surface area (TPSA) is 66.0 Å². The summed E-state index contributed by atoms with van der Waals surface area (Å²) in [6.45, 7) is 3.37. The van der Waals surface area contributed by atoms with Crippen LogP contribution in [0.5, 0.6) is 5.75 Å². The molecule has 0 aromatic heterocycles. The normalized spacial score (nSPS) is 12.2. The number of nitrogens with zero attached hydrogens (tertiary/aromatic N) is 2. The first-order valence-corrected chi connectivity index (χ1v) is 9.30. The molecular weight excluding hydrogens is 478 g/mol. The number of halogens is 7. The van der Waals surface area contributed by atoms with E-state index in [-0.39, 0.29) is 11.8 Å². The SMILES string of the molecule is C=NN(C)/C(=C/Cl)c1cc(NC(=O)Nc2cc(C(F)(F)F)cc(C(F)(F)F)c2)ccc1OC. The van der Waals surface area contributed by atoms with Gasteiger partial charge >= 0.3 is 18.4 Å². The Morgan fingerprint density at radius 2 is 1.58 bits per heavy atom. The number of hydrazone groups is 1. The van der Waals surface area contributed by atoms with Gasteiger partial charge in [0, 0.05) is 36.2 Å². The van der Waals surface area contributed by atoms with Gasteiger partial charge in [-0.3, -0.25) is 5.01 Å². The van der Waals surface area contributed by atoms with Crippen molar-refractivity contribution >= 4 is 41.4 Å². The molecule has 0 bridgehead atoms. The summed E-state index contributed by atoms with van der Waals surface area (Å²) in [4.78, 5) is 12.3. The Labute approximate surface area is 189 Å². The van der Waals surface area contributed by atoms with E-state index < -0.39 is 35.2 Å². The predicted octanol–water partition coefficient (Wildman–Crippen LogP) is 6.46. The second-order valence-electron chi connectivity index (χ2n) is 6.45. The molecule has 0 aliphatic heterocycles. The van der Waals surface area contributed by atoms with Crippen LogP contribution in [-0.2, 0) is 12.4 Å². The van der Waals surface area contributed by atoms with Gasteiger partial charge in [0.15, 0.2) is 0 Å². The van der Waals surface area contributed by atoms with Gasteiger partial charge in [0.1, 0.15) is 5.75 Å². The van der Waals surface area contributed by atoms with Gasteiger partial charge in [0.25, 0.3) is 0 Å². The van der Waals surface area contributed by atoms with E-state index in [1.165, 1.54) is 35.9 Å². The van der Waals surface area contributed by atoms with Crippen molar-refractivity contribution in [2.24, 2.45) is 5.10 Å². The molecule has 33 heavy (non-hydrogen) atoms. The Morgan fingerprint density at radius 3 is 2.03 bits per heavy atom. The summed E-state index contributed by atoms with van der Waals surface area (Å²) in [7, 11) is 2.93. The number of nitrogens with one attached hydrogen (secondary N) is 2. The number of benzene rings is 2. The largest absolute Gasteiger partial charge is 0.496 e. The molecule has 2 aromatic rings. The maximum Gasteiger partial charge on any atom is 0.416 e. The standard InChI is InChI=1S/C20H17ClF6N4O2/c1-28-31(2)16(10-21)15-9-13(4-5-17(15)33-3)29-18(32)30-14-7-11(19(22,23)24)6-12(8-14)20(25,26)27/h4-10H,1H2,2-3H3,(H2,29,30,32)/b16-10+. The van der Waals surface area contributed by atoms with Gasteiger partial charge in [0.2, 0.25) is 0 Å². The lowest BCUT2D eigenvalue weighted by molar-refractivity contribution is -0.143.